The van der Waals surface area contributed by atoms with Crippen molar-refractivity contribution in [1.29, 1.82) is 0 Å². The maximum absolute atomic E-state index is 10.8. The lowest BCUT2D eigenvalue weighted by Crippen LogP contribution is -2.16. The number of hydrogen-bond donors (Lipinski definition) is 0. The van der Waals surface area contributed by atoms with Crippen LogP contribution in [0.3, 0.4) is 0 Å². The van der Waals surface area contributed by atoms with Crippen molar-refractivity contribution in [3.63, 3.8) is 0 Å². The monoisotopic (exact) mass is 348 g/mol. The maximum Gasteiger partial charge on any atom is 0.302 e. The Hall–Kier alpha value is -0.620. The summed E-state index contributed by atoms with van der Waals surface area (Å²) in [5.41, 5.74) is 1.26. The van der Waals surface area contributed by atoms with Crippen LogP contribution in [0.2, 0.25) is 0 Å². The minimum absolute atomic E-state index is 0.224. The number of ether oxygens (including phenoxy) is 1. The fourth-order valence-corrected chi connectivity index (χ4v) is 1.89. The highest BCUT2D eigenvalue weighted by atomic mass is 127. The van der Waals surface area contributed by atoms with E-state index < -0.39 is 0 Å². The van der Waals surface area contributed by atoms with Gasteiger partial charge in [-0.25, -0.2) is 0 Å². The third-order valence-corrected chi connectivity index (χ3v) is 2.93. The SMILES string of the molecule is CC(=O)OCC(CCOI)Cc1ccccc1. The van der Waals surface area contributed by atoms with Crippen molar-refractivity contribution < 1.29 is 12.6 Å². The van der Waals surface area contributed by atoms with Gasteiger partial charge in [0.25, 0.3) is 0 Å². The van der Waals surface area contributed by atoms with Crippen LogP contribution < -0.4 is 0 Å². The van der Waals surface area contributed by atoms with Gasteiger partial charge in [0, 0.05) is 6.92 Å². The third-order valence-electron chi connectivity index (χ3n) is 2.49. The summed E-state index contributed by atoms with van der Waals surface area (Å²) in [5.74, 6) is 0.0921. The van der Waals surface area contributed by atoms with Crippen molar-refractivity contribution in [2.24, 2.45) is 5.92 Å². The summed E-state index contributed by atoms with van der Waals surface area (Å²) in [4.78, 5) is 10.8. The molecule has 17 heavy (non-hydrogen) atoms. The van der Waals surface area contributed by atoms with Crippen molar-refractivity contribution in [2.45, 2.75) is 19.8 Å². The van der Waals surface area contributed by atoms with Crippen LogP contribution in [0.15, 0.2) is 30.3 Å². The predicted octanol–water partition coefficient (Wildman–Crippen LogP) is 3.17. The highest BCUT2D eigenvalue weighted by molar-refractivity contribution is 14.1. The average Bonchev–Trinajstić information content (AvgIpc) is 2.34. The second-order valence-corrected chi connectivity index (χ2v) is 4.58. The molecular formula is C13H17IO3. The van der Waals surface area contributed by atoms with E-state index in [-0.39, 0.29) is 5.97 Å². The van der Waals surface area contributed by atoms with Crippen molar-refractivity contribution in [3.8, 4) is 0 Å². The van der Waals surface area contributed by atoms with Crippen LogP contribution >= 0.6 is 23.0 Å². The number of rotatable bonds is 7. The van der Waals surface area contributed by atoms with Crippen LogP contribution in [0.4, 0.5) is 0 Å². The first-order chi connectivity index (χ1) is 8.22. The topological polar surface area (TPSA) is 35.5 Å². The van der Waals surface area contributed by atoms with E-state index in [0.717, 1.165) is 12.8 Å². The lowest BCUT2D eigenvalue weighted by molar-refractivity contribution is -0.142. The summed E-state index contributed by atoms with van der Waals surface area (Å²) < 4.78 is 10.1. The van der Waals surface area contributed by atoms with Gasteiger partial charge < -0.3 is 7.80 Å². The molecule has 4 heteroatoms. The number of hydrogen-bond acceptors (Lipinski definition) is 3. The van der Waals surface area contributed by atoms with Gasteiger partial charge in [0.05, 0.1) is 13.2 Å². The quantitative estimate of drug-likeness (QED) is 0.561. The highest BCUT2D eigenvalue weighted by Gasteiger charge is 2.11. The molecule has 0 saturated heterocycles. The van der Waals surface area contributed by atoms with E-state index in [1.54, 1.807) is 0 Å². The first-order valence-electron chi connectivity index (χ1n) is 5.63. The number of esters is 1. The molecule has 1 rings (SSSR count). The molecule has 0 bridgehead atoms. The third kappa shape index (κ3) is 6.63. The molecule has 1 aromatic carbocycles. The summed E-state index contributed by atoms with van der Waals surface area (Å²) in [7, 11) is 0. The minimum Gasteiger partial charge on any atom is -0.466 e. The molecule has 0 aromatic heterocycles. The molecular weight excluding hydrogens is 331 g/mol. The Morgan fingerprint density at radius 2 is 2.06 bits per heavy atom. The molecule has 0 amide bonds. The van der Waals surface area contributed by atoms with E-state index in [1.165, 1.54) is 12.5 Å². The normalized spacial score (nSPS) is 12.1. The van der Waals surface area contributed by atoms with Gasteiger partial charge in [-0.3, -0.25) is 4.79 Å². The molecule has 0 radical (unpaired) electrons. The van der Waals surface area contributed by atoms with Gasteiger partial charge in [-0.1, -0.05) is 30.3 Å². The van der Waals surface area contributed by atoms with E-state index in [4.69, 9.17) is 7.80 Å². The van der Waals surface area contributed by atoms with Crippen molar-refractivity contribution in [2.75, 3.05) is 13.2 Å². The molecule has 0 aliphatic carbocycles. The van der Waals surface area contributed by atoms with Crippen LogP contribution in [0.1, 0.15) is 18.9 Å². The first-order valence-corrected chi connectivity index (χ1v) is 6.51. The second-order valence-electron chi connectivity index (χ2n) is 3.96. The Balaban J connectivity index is 2.47. The molecule has 0 fully saturated rings. The van der Waals surface area contributed by atoms with Crippen LogP contribution in [-0.2, 0) is 19.0 Å². The Morgan fingerprint density at radius 3 is 2.65 bits per heavy atom. The van der Waals surface area contributed by atoms with Gasteiger partial charge in [0.2, 0.25) is 0 Å². The minimum atomic E-state index is -0.224. The Bertz CT molecular complexity index is 327. The molecule has 1 atom stereocenters. The van der Waals surface area contributed by atoms with Gasteiger partial charge in [0.15, 0.2) is 0 Å². The summed E-state index contributed by atoms with van der Waals surface area (Å²) in [5, 5.41) is 0. The summed E-state index contributed by atoms with van der Waals surface area (Å²) in [6, 6.07) is 10.2. The van der Waals surface area contributed by atoms with E-state index in [0.29, 0.717) is 19.1 Å². The first kappa shape index (κ1) is 14.4. The number of benzene rings is 1. The van der Waals surface area contributed by atoms with Gasteiger partial charge in [-0.05, 0) is 24.3 Å². The molecule has 94 valence electrons. The van der Waals surface area contributed by atoms with E-state index in [9.17, 15) is 4.79 Å². The Labute approximate surface area is 116 Å². The van der Waals surface area contributed by atoms with E-state index in [2.05, 4.69) is 12.1 Å². The summed E-state index contributed by atoms with van der Waals surface area (Å²) in [6.07, 6.45) is 1.80. The zero-order chi connectivity index (χ0) is 12.5. The summed E-state index contributed by atoms with van der Waals surface area (Å²) >= 11 is 1.89. The van der Waals surface area contributed by atoms with E-state index in [1.807, 2.05) is 41.2 Å². The molecule has 0 N–H and O–H groups in total. The van der Waals surface area contributed by atoms with Gasteiger partial charge in [-0.15, -0.1) is 0 Å². The van der Waals surface area contributed by atoms with E-state index >= 15 is 0 Å². The van der Waals surface area contributed by atoms with Crippen molar-refractivity contribution >= 4 is 29.0 Å². The van der Waals surface area contributed by atoms with Crippen LogP contribution in [0.5, 0.6) is 0 Å². The fourth-order valence-electron chi connectivity index (χ4n) is 1.64. The van der Waals surface area contributed by atoms with Gasteiger partial charge in [0.1, 0.15) is 23.0 Å². The number of halogens is 1. The standard InChI is InChI=1S/C13H17IO3/c1-11(15)16-10-13(7-8-17-14)9-12-5-3-2-4-6-12/h2-6,13H,7-10H2,1H3. The zero-order valence-electron chi connectivity index (χ0n) is 9.90. The fraction of sp³-hybridized carbons (Fsp3) is 0.462. The maximum atomic E-state index is 10.8. The largest absolute Gasteiger partial charge is 0.466 e. The Morgan fingerprint density at radius 1 is 1.35 bits per heavy atom. The smallest absolute Gasteiger partial charge is 0.302 e. The van der Waals surface area contributed by atoms with Crippen LogP contribution in [0, 0.1) is 5.92 Å². The Kier molecular flexibility index (Phi) is 7.19. The molecule has 0 heterocycles. The van der Waals surface area contributed by atoms with Gasteiger partial charge >= 0.3 is 5.97 Å². The average molecular weight is 348 g/mol. The number of carbonyl (C=O) groups excluding carboxylic acids is 1. The van der Waals surface area contributed by atoms with Crippen molar-refractivity contribution in [3.05, 3.63) is 35.9 Å². The lowest BCUT2D eigenvalue weighted by Gasteiger charge is -2.15. The van der Waals surface area contributed by atoms with Gasteiger partial charge in [-0.2, -0.15) is 0 Å². The summed E-state index contributed by atoms with van der Waals surface area (Å²) in [6.45, 7) is 2.58. The molecule has 1 unspecified atom stereocenters. The van der Waals surface area contributed by atoms with Crippen LogP contribution in [-0.4, -0.2) is 19.2 Å². The molecule has 1 aromatic rings. The lowest BCUT2D eigenvalue weighted by atomic mass is 9.97. The van der Waals surface area contributed by atoms with Crippen LogP contribution in [0.25, 0.3) is 0 Å². The zero-order valence-corrected chi connectivity index (χ0v) is 12.1. The molecule has 3 nitrogen and oxygen atoms in total. The molecule has 0 aliphatic rings. The molecule has 0 saturated carbocycles. The van der Waals surface area contributed by atoms with Crippen molar-refractivity contribution in [1.82, 2.24) is 0 Å². The number of carbonyl (C=O) groups is 1. The molecule has 0 aliphatic heterocycles. The molecule has 0 spiro atoms. The second kappa shape index (κ2) is 8.47. The predicted molar refractivity (Wildman–Crippen MR) is 74.9 cm³/mol. The highest BCUT2D eigenvalue weighted by Crippen LogP contribution is 2.14.